The normalized spacial score (nSPS) is 6.50. The van der Waals surface area contributed by atoms with E-state index in [0.717, 1.165) is 14.2 Å². The average Bonchev–Trinajstić information content (AvgIpc) is 1.72. The lowest BCUT2D eigenvalue weighted by Crippen LogP contribution is -1.54. The summed E-state index contributed by atoms with van der Waals surface area (Å²) < 4.78 is 0. The summed E-state index contributed by atoms with van der Waals surface area (Å²) in [6, 6.07) is 0. The van der Waals surface area contributed by atoms with Gasteiger partial charge in [-0.15, -0.1) is 15.3 Å². The Kier molecular flexibility index (Phi) is 27.9. The molecule has 0 atom stereocenters. The lowest BCUT2D eigenvalue weighted by molar-refractivity contribution is 1.12. The smallest absolute Gasteiger partial charge is 0.0825 e. The van der Waals surface area contributed by atoms with E-state index in [-0.39, 0.29) is 0 Å². The van der Waals surface area contributed by atoms with Gasteiger partial charge in [-0.1, -0.05) is 22.9 Å². The first kappa shape index (κ1) is 10.2. The maximum Gasteiger partial charge on any atom is 0.0825 e. The molecule has 0 saturated carbocycles. The molecule has 3 heteroatoms. The molecule has 0 spiro atoms. The molecule has 0 saturated heterocycles. The molecule has 0 rings (SSSR count). The molecule has 0 aromatic carbocycles. The van der Waals surface area contributed by atoms with Crippen LogP contribution < -0.4 is 0 Å². The van der Waals surface area contributed by atoms with Crippen molar-refractivity contribution in [3.05, 3.63) is 0 Å². The predicted molar refractivity (Wildman–Crippen MR) is 43.0 cm³/mol. The largest absolute Gasteiger partial charge is 0.140 e. The minimum Gasteiger partial charge on any atom is -0.140 e. The summed E-state index contributed by atoms with van der Waals surface area (Å²) in [6.45, 7) is 2.13. The summed E-state index contributed by atoms with van der Waals surface area (Å²) >= 11 is 6.32. The van der Waals surface area contributed by atoms with Crippen LogP contribution in [0.4, 0.5) is 0 Å². The van der Waals surface area contributed by atoms with E-state index in [2.05, 4.69) is 38.1 Å². The van der Waals surface area contributed by atoms with E-state index >= 15 is 0 Å². The van der Waals surface area contributed by atoms with Crippen molar-refractivity contribution >= 4 is 40.1 Å². The van der Waals surface area contributed by atoms with Gasteiger partial charge in [-0.05, 0) is 6.42 Å². The maximum atomic E-state index is 3.25. The third-order valence-corrected chi connectivity index (χ3v) is 0.982. The van der Waals surface area contributed by atoms with Crippen LogP contribution in [0.5, 0.6) is 0 Å². The number of alkyl halides is 1. The van der Waals surface area contributed by atoms with Crippen LogP contribution in [-0.2, 0) is 0 Å². The number of hydrogen-bond donors (Lipinski definition) is 0. The number of rotatable bonds is 1. The second-order valence-electron chi connectivity index (χ2n) is 0.689. The Bertz CT molecular complexity index is 10.8. The van der Waals surface area contributed by atoms with Crippen LogP contribution in [0.2, 0.25) is 0 Å². The van der Waals surface area contributed by atoms with Crippen molar-refractivity contribution in [2.24, 2.45) is 0 Å². The van der Waals surface area contributed by atoms with Crippen LogP contribution in [0.1, 0.15) is 13.3 Å². The van der Waals surface area contributed by atoms with Crippen LogP contribution >= 0.6 is 31.2 Å². The zero-order valence-electron chi connectivity index (χ0n) is 4.17. The minimum atomic E-state index is 1.12. The van der Waals surface area contributed by atoms with Gasteiger partial charge < -0.3 is 0 Å². The van der Waals surface area contributed by atoms with Crippen LogP contribution in [0.15, 0.2) is 0 Å². The van der Waals surface area contributed by atoms with Crippen molar-refractivity contribution in [2.75, 3.05) is 5.33 Å². The van der Waals surface area contributed by atoms with E-state index < -0.39 is 0 Å². The Morgan fingerprint density at radius 2 is 1.67 bits per heavy atom. The first-order valence-corrected chi connectivity index (χ1v) is 8.49. The standard InChI is InChI=1S/C3H7Br.BrH3Si/c1-2-3-4;1-2/h2-3H2,1H3;2H3. The second-order valence-corrected chi connectivity index (χ2v) is 1.48. The van der Waals surface area contributed by atoms with Gasteiger partial charge in [0.15, 0.2) is 0 Å². The molecule has 0 bridgehead atoms. The maximum absolute atomic E-state index is 3.25. The predicted octanol–water partition coefficient (Wildman–Crippen LogP) is 1.45. The first-order chi connectivity index (χ1) is 2.91. The summed E-state index contributed by atoms with van der Waals surface area (Å²) in [7, 11) is 1.12. The van der Waals surface area contributed by atoms with Gasteiger partial charge in [0.25, 0.3) is 0 Å². The van der Waals surface area contributed by atoms with Gasteiger partial charge in [0.1, 0.15) is 0 Å². The van der Waals surface area contributed by atoms with Crippen molar-refractivity contribution in [3.8, 4) is 0 Å². The summed E-state index contributed by atoms with van der Waals surface area (Å²) in [5.41, 5.74) is 0. The summed E-state index contributed by atoms with van der Waals surface area (Å²) in [6.07, 6.45) is 1.24. The van der Waals surface area contributed by atoms with Crippen molar-refractivity contribution in [3.63, 3.8) is 0 Å². The second kappa shape index (κ2) is 16.4. The van der Waals surface area contributed by atoms with Crippen molar-refractivity contribution in [1.82, 2.24) is 0 Å². The van der Waals surface area contributed by atoms with E-state index in [9.17, 15) is 0 Å². The van der Waals surface area contributed by atoms with Crippen LogP contribution in [0.25, 0.3) is 0 Å². The van der Waals surface area contributed by atoms with Crippen LogP contribution in [0, 0.1) is 0 Å². The van der Waals surface area contributed by atoms with Crippen molar-refractivity contribution < 1.29 is 0 Å². The third-order valence-electron chi connectivity index (χ3n) is 0.189. The van der Waals surface area contributed by atoms with Gasteiger partial charge in [0.05, 0.1) is 8.86 Å². The zero-order chi connectivity index (χ0) is 5.41. The van der Waals surface area contributed by atoms with Crippen molar-refractivity contribution in [2.45, 2.75) is 13.3 Å². The molecule has 40 valence electrons. The molecule has 0 nitrogen and oxygen atoms in total. The highest BCUT2D eigenvalue weighted by molar-refractivity contribution is 9.22. The molecular formula is C3H10Br2Si. The molecule has 0 aromatic rings. The van der Waals surface area contributed by atoms with Crippen LogP contribution in [0.3, 0.4) is 0 Å². The molecule has 0 amide bonds. The number of halogens is 2. The number of hydrogen-bond acceptors (Lipinski definition) is 0. The first-order valence-electron chi connectivity index (χ1n) is 1.85. The zero-order valence-corrected chi connectivity index (χ0v) is 9.34. The van der Waals surface area contributed by atoms with E-state index in [0.29, 0.717) is 0 Å². The highest BCUT2D eigenvalue weighted by Gasteiger charge is 1.58. The average molecular weight is 234 g/mol. The van der Waals surface area contributed by atoms with Gasteiger partial charge >= 0.3 is 0 Å². The molecule has 0 aromatic heterocycles. The molecular weight excluding hydrogens is 224 g/mol. The molecule has 0 radical (unpaired) electrons. The summed E-state index contributed by atoms with van der Waals surface area (Å²) in [5, 5.41) is 1.13. The molecule has 0 aliphatic heterocycles. The Labute approximate surface area is 58.8 Å². The topological polar surface area (TPSA) is 0 Å². The lowest BCUT2D eigenvalue weighted by Gasteiger charge is -1.66. The summed E-state index contributed by atoms with van der Waals surface area (Å²) in [4.78, 5) is 0. The Hall–Kier alpha value is 1.18. The van der Waals surface area contributed by atoms with Gasteiger partial charge in [0, 0.05) is 5.33 Å². The van der Waals surface area contributed by atoms with E-state index in [4.69, 9.17) is 0 Å². The fraction of sp³-hybridized carbons (Fsp3) is 1.00. The molecule has 0 heterocycles. The van der Waals surface area contributed by atoms with E-state index in [1.54, 1.807) is 0 Å². The quantitative estimate of drug-likeness (QED) is 0.366. The Morgan fingerprint density at radius 3 is 1.67 bits per heavy atom. The molecule has 6 heavy (non-hydrogen) atoms. The highest BCUT2D eigenvalue weighted by atomic mass is 79.9. The van der Waals surface area contributed by atoms with Gasteiger partial charge in [-0.2, -0.15) is 0 Å². The fourth-order valence-corrected chi connectivity index (χ4v) is 0. The van der Waals surface area contributed by atoms with Crippen LogP contribution in [-0.4, -0.2) is 14.2 Å². The molecule has 0 N–H and O–H groups in total. The minimum absolute atomic E-state index is 1.12. The van der Waals surface area contributed by atoms with E-state index in [1.807, 2.05) is 0 Å². The van der Waals surface area contributed by atoms with Crippen molar-refractivity contribution in [1.29, 1.82) is 0 Å². The highest BCUT2D eigenvalue weighted by Crippen LogP contribution is 1.80. The third kappa shape index (κ3) is 19.1. The lowest BCUT2D eigenvalue weighted by atomic mass is 10.6. The Balaban J connectivity index is 0. The monoisotopic (exact) mass is 232 g/mol. The SMILES string of the molecule is CCCBr.[SiH3]Br. The molecule has 0 fully saturated rings. The van der Waals surface area contributed by atoms with Gasteiger partial charge in [0.2, 0.25) is 0 Å². The van der Waals surface area contributed by atoms with E-state index in [1.165, 1.54) is 6.42 Å². The van der Waals surface area contributed by atoms with Gasteiger partial charge in [-0.3, -0.25) is 0 Å². The molecule has 0 unspecified atom stereocenters. The molecule has 0 aliphatic carbocycles. The molecule has 0 aliphatic rings. The fourth-order valence-electron chi connectivity index (χ4n) is 0. The Morgan fingerprint density at radius 1 is 1.50 bits per heavy atom. The summed E-state index contributed by atoms with van der Waals surface area (Å²) in [5.74, 6) is 0. The van der Waals surface area contributed by atoms with Gasteiger partial charge in [-0.25, -0.2) is 0 Å².